The summed E-state index contributed by atoms with van der Waals surface area (Å²) in [5.41, 5.74) is 1.62. The van der Waals surface area contributed by atoms with Gasteiger partial charge in [-0.3, -0.25) is 0 Å². The van der Waals surface area contributed by atoms with Gasteiger partial charge in [-0.2, -0.15) is 0 Å². The monoisotopic (exact) mass is 263 g/mol. The first-order chi connectivity index (χ1) is 9.81. The summed E-state index contributed by atoms with van der Waals surface area (Å²) < 4.78 is 0. The van der Waals surface area contributed by atoms with Gasteiger partial charge in [0.2, 0.25) is 0 Å². The van der Waals surface area contributed by atoms with Crippen LogP contribution in [0.5, 0.6) is 5.75 Å². The quantitative estimate of drug-likeness (QED) is 0.420. The molecule has 98 valence electrons. The average molecular weight is 263 g/mol. The predicted molar refractivity (Wildman–Crippen MR) is 79.5 cm³/mol. The van der Waals surface area contributed by atoms with Gasteiger partial charge >= 0.3 is 0 Å². The Bertz CT molecular complexity index is 779. The molecule has 3 nitrogen and oxygen atoms in total. The molecule has 0 heterocycles. The number of nitrogens with zero attached hydrogens (tertiary/aromatic N) is 1. The highest BCUT2D eigenvalue weighted by Gasteiger charge is 2.14. The first-order valence-electron chi connectivity index (χ1n) is 6.30. The Kier molecular flexibility index (Phi) is 3.09. The van der Waals surface area contributed by atoms with Crippen LogP contribution in [0.2, 0.25) is 0 Å². The third-order valence-corrected chi connectivity index (χ3v) is 3.30. The molecule has 20 heavy (non-hydrogen) atoms. The molecule has 0 saturated heterocycles. The standard InChI is InChI=1S/C17H13NO2/c19-17-14-9-5-4-6-12(14)10-11-15(17)16(18-20)13-7-2-1-3-8-13/h1-11,19-20H/b18-16+. The van der Waals surface area contributed by atoms with Crippen molar-refractivity contribution in [1.29, 1.82) is 0 Å². The average Bonchev–Trinajstić information content (AvgIpc) is 2.51. The van der Waals surface area contributed by atoms with Crippen LogP contribution in [-0.2, 0) is 0 Å². The Hall–Kier alpha value is -2.81. The van der Waals surface area contributed by atoms with E-state index in [2.05, 4.69) is 5.16 Å². The lowest BCUT2D eigenvalue weighted by atomic mass is 9.98. The molecule has 0 atom stereocenters. The van der Waals surface area contributed by atoms with Crippen LogP contribution in [0, 0.1) is 0 Å². The molecule has 3 rings (SSSR count). The first-order valence-corrected chi connectivity index (χ1v) is 6.30. The molecule has 0 saturated carbocycles. The van der Waals surface area contributed by atoms with Crippen molar-refractivity contribution in [1.82, 2.24) is 0 Å². The molecule has 0 aromatic heterocycles. The highest BCUT2D eigenvalue weighted by atomic mass is 16.4. The zero-order valence-corrected chi connectivity index (χ0v) is 10.7. The Labute approximate surface area is 116 Å². The molecule has 0 amide bonds. The lowest BCUT2D eigenvalue weighted by Crippen LogP contribution is -2.03. The van der Waals surface area contributed by atoms with Crippen molar-refractivity contribution < 1.29 is 10.3 Å². The number of fused-ring (bicyclic) bond motifs is 1. The first kappa shape index (κ1) is 12.2. The second kappa shape index (κ2) is 5.05. The fourth-order valence-electron chi connectivity index (χ4n) is 2.31. The molecule has 0 aliphatic rings. The van der Waals surface area contributed by atoms with Crippen LogP contribution in [0.4, 0.5) is 0 Å². The number of phenols is 1. The third kappa shape index (κ3) is 1.99. The van der Waals surface area contributed by atoms with Gasteiger partial charge in [0.1, 0.15) is 11.5 Å². The van der Waals surface area contributed by atoms with Gasteiger partial charge in [-0.05, 0) is 11.5 Å². The summed E-state index contributed by atoms with van der Waals surface area (Å²) in [5.74, 6) is 0.125. The maximum Gasteiger partial charge on any atom is 0.132 e. The lowest BCUT2D eigenvalue weighted by Gasteiger charge is -2.09. The molecule has 0 fully saturated rings. The number of hydrogen-bond donors (Lipinski definition) is 2. The van der Waals surface area contributed by atoms with Crippen LogP contribution in [0.15, 0.2) is 71.9 Å². The van der Waals surface area contributed by atoms with Gasteiger partial charge in [0, 0.05) is 16.5 Å². The van der Waals surface area contributed by atoms with E-state index in [0.717, 1.165) is 16.3 Å². The summed E-state index contributed by atoms with van der Waals surface area (Å²) in [5, 5.41) is 24.8. The summed E-state index contributed by atoms with van der Waals surface area (Å²) >= 11 is 0. The highest BCUT2D eigenvalue weighted by molar-refractivity contribution is 6.16. The van der Waals surface area contributed by atoms with E-state index in [9.17, 15) is 10.3 Å². The van der Waals surface area contributed by atoms with Crippen molar-refractivity contribution >= 4 is 16.5 Å². The van der Waals surface area contributed by atoms with E-state index < -0.39 is 0 Å². The van der Waals surface area contributed by atoms with E-state index >= 15 is 0 Å². The van der Waals surface area contributed by atoms with Gasteiger partial charge in [-0.15, -0.1) is 0 Å². The molecule has 0 spiro atoms. The molecule has 0 aliphatic heterocycles. The van der Waals surface area contributed by atoms with Gasteiger partial charge in [-0.25, -0.2) is 0 Å². The summed E-state index contributed by atoms with van der Waals surface area (Å²) in [6.07, 6.45) is 0. The Morgan fingerprint density at radius 3 is 2.25 bits per heavy atom. The zero-order valence-electron chi connectivity index (χ0n) is 10.7. The summed E-state index contributed by atoms with van der Waals surface area (Å²) in [7, 11) is 0. The van der Waals surface area contributed by atoms with Crippen LogP contribution >= 0.6 is 0 Å². The van der Waals surface area contributed by atoms with Crippen molar-refractivity contribution in [2.45, 2.75) is 0 Å². The number of oxime groups is 1. The van der Waals surface area contributed by atoms with Gasteiger partial charge in [-0.1, -0.05) is 65.8 Å². The topological polar surface area (TPSA) is 52.8 Å². The second-order valence-electron chi connectivity index (χ2n) is 4.50. The van der Waals surface area contributed by atoms with Gasteiger partial charge in [0.05, 0.1) is 0 Å². The molecule has 0 aliphatic carbocycles. The second-order valence-corrected chi connectivity index (χ2v) is 4.50. The fraction of sp³-hybridized carbons (Fsp3) is 0. The Morgan fingerprint density at radius 1 is 0.800 bits per heavy atom. The minimum Gasteiger partial charge on any atom is -0.507 e. The zero-order chi connectivity index (χ0) is 13.9. The van der Waals surface area contributed by atoms with Gasteiger partial charge in [0.25, 0.3) is 0 Å². The van der Waals surface area contributed by atoms with Crippen molar-refractivity contribution in [2.75, 3.05) is 0 Å². The molecule has 0 bridgehead atoms. The van der Waals surface area contributed by atoms with Crippen LogP contribution in [-0.4, -0.2) is 16.0 Å². The van der Waals surface area contributed by atoms with Crippen LogP contribution in [0.3, 0.4) is 0 Å². The molecule has 3 heteroatoms. The van der Waals surface area contributed by atoms with E-state index in [1.807, 2.05) is 60.7 Å². The minimum absolute atomic E-state index is 0.125. The van der Waals surface area contributed by atoms with Gasteiger partial charge < -0.3 is 10.3 Å². The summed E-state index contributed by atoms with van der Waals surface area (Å²) in [6, 6.07) is 20.5. The Morgan fingerprint density at radius 2 is 1.50 bits per heavy atom. The predicted octanol–water partition coefficient (Wildman–Crippen LogP) is 3.77. The highest BCUT2D eigenvalue weighted by Crippen LogP contribution is 2.30. The molecule has 0 radical (unpaired) electrons. The van der Waals surface area contributed by atoms with E-state index in [0.29, 0.717) is 11.3 Å². The SMILES string of the molecule is O/N=C(\c1ccccc1)c1ccc2ccccc2c1O. The van der Waals surface area contributed by atoms with E-state index in [1.54, 1.807) is 6.07 Å². The molecule has 3 aromatic carbocycles. The van der Waals surface area contributed by atoms with Crippen LogP contribution < -0.4 is 0 Å². The maximum atomic E-state index is 10.4. The molecule has 3 aromatic rings. The number of hydrogen-bond acceptors (Lipinski definition) is 3. The summed E-state index contributed by atoms with van der Waals surface area (Å²) in [6.45, 7) is 0. The van der Waals surface area contributed by atoms with Crippen LogP contribution in [0.25, 0.3) is 10.8 Å². The summed E-state index contributed by atoms with van der Waals surface area (Å²) in [4.78, 5) is 0. The Balaban J connectivity index is 2.21. The van der Waals surface area contributed by atoms with E-state index in [1.165, 1.54) is 0 Å². The fourth-order valence-corrected chi connectivity index (χ4v) is 2.31. The van der Waals surface area contributed by atoms with Crippen molar-refractivity contribution in [3.63, 3.8) is 0 Å². The maximum absolute atomic E-state index is 10.4. The van der Waals surface area contributed by atoms with E-state index in [4.69, 9.17) is 0 Å². The van der Waals surface area contributed by atoms with Crippen molar-refractivity contribution in [2.24, 2.45) is 5.16 Å². The number of benzene rings is 3. The van der Waals surface area contributed by atoms with Crippen LogP contribution in [0.1, 0.15) is 11.1 Å². The van der Waals surface area contributed by atoms with Crippen molar-refractivity contribution in [3.05, 3.63) is 77.9 Å². The molecular formula is C17H13NO2. The minimum atomic E-state index is 0.125. The van der Waals surface area contributed by atoms with E-state index in [-0.39, 0.29) is 5.75 Å². The lowest BCUT2D eigenvalue weighted by molar-refractivity contribution is 0.319. The number of rotatable bonds is 2. The normalized spacial score (nSPS) is 11.7. The molecular weight excluding hydrogens is 250 g/mol. The number of phenolic OH excluding ortho intramolecular Hbond substituents is 1. The molecule has 0 unspecified atom stereocenters. The number of aromatic hydroxyl groups is 1. The van der Waals surface area contributed by atoms with Crippen molar-refractivity contribution in [3.8, 4) is 5.75 Å². The molecule has 2 N–H and O–H groups in total. The smallest absolute Gasteiger partial charge is 0.132 e. The van der Waals surface area contributed by atoms with Gasteiger partial charge in [0.15, 0.2) is 0 Å². The largest absolute Gasteiger partial charge is 0.507 e. The third-order valence-electron chi connectivity index (χ3n) is 3.30.